The predicted molar refractivity (Wildman–Crippen MR) is 428 cm³/mol. The van der Waals surface area contributed by atoms with E-state index in [2.05, 4.69) is 37.2 Å². The topological polar surface area (TPSA) is 451 Å². The number of ketones is 3. The van der Waals surface area contributed by atoms with Crippen LogP contribution in [-0.4, -0.2) is 224 Å². The molecule has 6 fully saturated rings. The summed E-state index contributed by atoms with van der Waals surface area (Å²) in [4.78, 5) is 162. The first-order chi connectivity index (χ1) is 56.4. The molecule has 6 aliphatic rings. The summed E-state index contributed by atoms with van der Waals surface area (Å²) in [6.07, 6.45) is -4.74. The highest BCUT2D eigenvalue weighted by Crippen LogP contribution is 2.31. The van der Waals surface area contributed by atoms with E-state index in [-0.39, 0.29) is 84.0 Å². The molecule has 6 aliphatic heterocycles. The SMILES string of the molecule is C[C@H]1CC(=O)C(C2CCO2)N(C)C(=O)[C@H](C)[C@H](O)[C@H](Cc2ccccc2)NC(=O)[C@H]1NC(=O)c1ccccc1O.C[C@H]1CC(=O)C(C2CCO2)NC(=O)[C@H](C)[C@H](O)[C@H](Cc2ccccc2)NC(=O)[C@H]1NC(=O)c1ccccc1O.C[C@H]1CC(=O)C(C2CCO2)OC(=O)[C@H](C)[C@H](O)[C@H](Cc2ccccc2)NC(=O)[C@H]1NC(=O)c1ccccc1O. The highest BCUT2D eigenvalue weighted by atomic mass is 16.6. The molecule has 13 N–H and O–H groups in total. The van der Waals surface area contributed by atoms with Gasteiger partial charge >= 0.3 is 5.97 Å². The molecule has 6 unspecified atom stereocenters. The Morgan fingerprint density at radius 1 is 0.398 bits per heavy atom. The fourth-order valence-electron chi connectivity index (χ4n) is 15.3. The van der Waals surface area contributed by atoms with Crippen LogP contribution >= 0.6 is 0 Å². The summed E-state index contributed by atoms with van der Waals surface area (Å²) in [6.45, 7) is 10.9. The fraction of sp³-hybridized carbons (Fsp3) is 0.455. The van der Waals surface area contributed by atoms with Gasteiger partial charge in [-0.3, -0.25) is 57.5 Å². The van der Waals surface area contributed by atoms with Crippen molar-refractivity contribution in [2.24, 2.45) is 35.5 Å². The lowest BCUT2D eigenvalue weighted by Crippen LogP contribution is -2.61. The van der Waals surface area contributed by atoms with E-state index in [1.165, 1.54) is 55.3 Å². The molecule has 6 aromatic carbocycles. The average Bonchev–Trinajstić information content (AvgIpc) is 0.488. The number of nitrogens with zero attached hydrogens (tertiary/aromatic N) is 1. The smallest absolute Gasteiger partial charge is 0.312 e. The average molecular weight is 1630 g/mol. The molecule has 0 aliphatic carbocycles. The molecular weight excluding hydrogens is 1520 g/mol. The van der Waals surface area contributed by atoms with Crippen LogP contribution in [0.2, 0.25) is 0 Å². The number of carbonyl (C=O) groups excluding carboxylic acids is 12. The first-order valence-electron chi connectivity index (χ1n) is 39.9. The van der Waals surface area contributed by atoms with E-state index in [9.17, 15) is 88.2 Å². The maximum atomic E-state index is 13.7. The third kappa shape index (κ3) is 22.5. The number of phenolic OH excluding ortho intramolecular Hbond substituents is 3. The number of aromatic hydroxyl groups is 3. The van der Waals surface area contributed by atoms with E-state index in [4.69, 9.17) is 18.9 Å². The number of phenols is 3. The largest absolute Gasteiger partial charge is 0.507 e. The Morgan fingerprint density at radius 3 is 1.07 bits per heavy atom. The highest BCUT2D eigenvalue weighted by molar-refractivity contribution is 6.02. The van der Waals surface area contributed by atoms with E-state index >= 15 is 0 Å². The number of nitrogens with one attached hydrogen (secondary N) is 7. The summed E-state index contributed by atoms with van der Waals surface area (Å²) in [7, 11) is 1.54. The van der Waals surface area contributed by atoms with E-state index in [1.807, 2.05) is 91.0 Å². The quantitative estimate of drug-likeness (QED) is 0.0645. The number of likely N-dealkylation sites (N-methyl/N-ethyl adjacent to an activating group) is 1. The van der Waals surface area contributed by atoms with Gasteiger partial charge in [-0.25, -0.2) is 0 Å². The van der Waals surface area contributed by atoms with Crippen LogP contribution < -0.4 is 37.2 Å². The Balaban J connectivity index is 0.000000186. The van der Waals surface area contributed by atoms with Gasteiger partial charge in [0.15, 0.2) is 23.5 Å². The standard InChI is InChI=1S/C30H37N3O7.C29H35N3O7.C29H34N2O8/c1-17-15-23(35)26(24-13-14-40-24)33(3)30(39)18(2)27(36)21(16-19-9-5-4-6-10-19)31-29(38)25(17)32-28(37)20-11-7-8-12-22(20)34;1-16-14-22(34)25(23-12-13-39-23)32-27(36)17(2)26(35)20(15-18-8-4-3-5-9-18)30-29(38)24(16)31-28(37)19-10-6-7-11-21(19)33;1-16-14-22(33)26(23-12-13-38-23)39-29(37)17(2)25(34)20(15-18-8-4-3-5-9-18)30-28(36)24(16)31-27(35)19-10-6-7-11-21(19)32/h4-12,17-18,21,24-27,34,36H,13-16H2,1-3H3,(H,31,38)(H,32,37);3-11,16-17,20,23-26,33,35H,12-15H2,1-2H3,(H,30,38)(H,31,37)(H,32,36);3-11,16-17,20,23-26,32,34H,12-15H2,1-2H3,(H,30,36)(H,31,35)/t17-,18+,21-,24?,25-,26?,27-;16-,17+,20-,23?,24-,25?,26-;16-,17+,20-,23?,24-,25-,26?/m000/s1. The Kier molecular flexibility index (Phi) is 31.1. The molecule has 0 saturated carbocycles. The van der Waals surface area contributed by atoms with Crippen LogP contribution in [0.5, 0.6) is 17.2 Å². The summed E-state index contributed by atoms with van der Waals surface area (Å²) in [5.41, 5.74) is 2.43. The van der Waals surface area contributed by atoms with Gasteiger partial charge in [0, 0.05) is 52.6 Å². The van der Waals surface area contributed by atoms with Crippen LogP contribution in [0.15, 0.2) is 164 Å². The molecule has 21 atom stereocenters. The van der Waals surface area contributed by atoms with Gasteiger partial charge in [0.25, 0.3) is 17.7 Å². The minimum Gasteiger partial charge on any atom is -0.507 e. The molecule has 118 heavy (non-hydrogen) atoms. The molecule has 30 nitrogen and oxygen atoms in total. The van der Waals surface area contributed by atoms with Crippen LogP contribution in [0.3, 0.4) is 0 Å². The van der Waals surface area contributed by atoms with E-state index < -0.39 is 186 Å². The van der Waals surface area contributed by atoms with Gasteiger partial charge in [0.05, 0.1) is 83.1 Å². The Labute approximate surface area is 683 Å². The zero-order valence-corrected chi connectivity index (χ0v) is 66.9. The van der Waals surface area contributed by atoms with Gasteiger partial charge in [0.2, 0.25) is 29.5 Å². The third-order valence-corrected chi connectivity index (χ3v) is 22.8. The third-order valence-electron chi connectivity index (χ3n) is 22.8. The second kappa shape index (κ2) is 41.2. The maximum absolute atomic E-state index is 13.7. The van der Waals surface area contributed by atoms with Crippen molar-refractivity contribution < 1.29 is 107 Å². The van der Waals surface area contributed by atoms with Crippen molar-refractivity contribution >= 4 is 70.6 Å². The summed E-state index contributed by atoms with van der Waals surface area (Å²) in [6, 6.07) is 37.5. The maximum Gasteiger partial charge on any atom is 0.312 e. The molecule has 0 aromatic heterocycles. The molecule has 6 aromatic rings. The van der Waals surface area contributed by atoms with Crippen molar-refractivity contribution in [1.29, 1.82) is 0 Å². The van der Waals surface area contributed by atoms with E-state index in [0.29, 0.717) is 39.1 Å². The van der Waals surface area contributed by atoms with Gasteiger partial charge in [-0.05, 0) is 110 Å². The molecule has 0 radical (unpaired) electrons. The molecule has 6 saturated heterocycles. The van der Waals surface area contributed by atoms with Crippen molar-refractivity contribution in [3.8, 4) is 17.2 Å². The first-order valence-corrected chi connectivity index (χ1v) is 39.9. The number of Topliss-reactive ketones (excluding diaryl/α,β-unsaturated/α-hetero) is 3. The number of aliphatic hydroxyl groups excluding tert-OH is 3. The van der Waals surface area contributed by atoms with E-state index in [0.717, 1.165) is 16.7 Å². The van der Waals surface area contributed by atoms with Crippen molar-refractivity contribution in [1.82, 2.24) is 42.1 Å². The van der Waals surface area contributed by atoms with Gasteiger partial charge in [-0.15, -0.1) is 0 Å². The van der Waals surface area contributed by atoms with Crippen molar-refractivity contribution in [3.05, 3.63) is 197 Å². The number of benzene rings is 6. The molecule has 0 bridgehead atoms. The number of carbonyl (C=O) groups is 12. The number of hydrogen-bond donors (Lipinski definition) is 13. The van der Waals surface area contributed by atoms with E-state index in [1.54, 1.807) is 71.0 Å². The number of aliphatic hydroxyl groups is 3. The predicted octanol–water partition coefficient (Wildman–Crippen LogP) is 4.06. The summed E-state index contributed by atoms with van der Waals surface area (Å²) < 4.78 is 22.2. The molecule has 12 rings (SSSR count). The Morgan fingerprint density at radius 2 is 0.720 bits per heavy atom. The minimum absolute atomic E-state index is 0.0134. The van der Waals surface area contributed by atoms with Crippen molar-refractivity contribution in [3.63, 3.8) is 0 Å². The van der Waals surface area contributed by atoms with Gasteiger partial charge < -0.3 is 91.7 Å². The lowest BCUT2D eigenvalue weighted by atomic mass is 9.85. The lowest BCUT2D eigenvalue weighted by Gasteiger charge is -2.41. The van der Waals surface area contributed by atoms with Crippen molar-refractivity contribution in [2.45, 2.75) is 190 Å². The number of esters is 1. The lowest BCUT2D eigenvalue weighted by molar-refractivity contribution is -0.183. The summed E-state index contributed by atoms with van der Waals surface area (Å²) in [5, 5.41) is 83.7. The number of amides is 8. The van der Waals surface area contributed by atoms with Crippen LogP contribution in [0.4, 0.5) is 0 Å². The molecule has 630 valence electrons. The first kappa shape index (κ1) is 89.1. The zero-order valence-electron chi connectivity index (χ0n) is 66.9. The number of rotatable bonds is 15. The zero-order chi connectivity index (χ0) is 85.2. The normalized spacial score (nSPS) is 30.1. The minimum atomic E-state index is -1.36. The summed E-state index contributed by atoms with van der Waals surface area (Å²) in [5.74, 6) is -12.5. The number of cyclic esters (lactones) is 1. The van der Waals surface area contributed by atoms with Crippen LogP contribution in [0.25, 0.3) is 0 Å². The molecule has 30 heteroatoms. The van der Waals surface area contributed by atoms with Gasteiger partial charge in [-0.2, -0.15) is 0 Å². The summed E-state index contributed by atoms with van der Waals surface area (Å²) >= 11 is 0. The molecule has 6 heterocycles. The molecular formula is C88H106N8O22. The number of ether oxygens (including phenoxy) is 4. The van der Waals surface area contributed by atoms with Crippen LogP contribution in [0.1, 0.15) is 128 Å². The van der Waals surface area contributed by atoms with Crippen LogP contribution in [0, 0.1) is 35.5 Å². The van der Waals surface area contributed by atoms with Gasteiger partial charge in [-0.1, -0.05) is 162 Å². The van der Waals surface area contributed by atoms with Crippen molar-refractivity contribution in [2.75, 3.05) is 26.9 Å². The second-order valence-corrected chi connectivity index (χ2v) is 31.4. The Hall–Kier alpha value is -11.3. The van der Waals surface area contributed by atoms with Crippen LogP contribution in [-0.2, 0) is 81.4 Å². The fourth-order valence-corrected chi connectivity index (χ4v) is 15.3. The number of hydrogen-bond acceptors (Lipinski definition) is 22. The molecule has 0 spiro atoms. The Bertz CT molecular complexity index is 4340. The number of para-hydroxylation sites is 3. The van der Waals surface area contributed by atoms with Gasteiger partial charge in [0.1, 0.15) is 53.6 Å². The monoisotopic (exact) mass is 1630 g/mol. The second-order valence-electron chi connectivity index (χ2n) is 31.4. The highest BCUT2D eigenvalue weighted by Gasteiger charge is 2.48. The molecule has 8 amide bonds.